The normalized spacial score (nSPS) is 12.8. The number of aromatic nitrogens is 2. The number of nitrogens with zero attached hydrogens (tertiary/aromatic N) is 3. The molecule has 1 aromatic heterocycles. The first kappa shape index (κ1) is 13.7. The van der Waals surface area contributed by atoms with Gasteiger partial charge in [-0.15, -0.1) is 0 Å². The van der Waals surface area contributed by atoms with Crippen LogP contribution in [0, 0.1) is 5.92 Å². The minimum atomic E-state index is -0.406. The molecule has 0 fully saturated rings. The molecule has 1 atom stereocenters. The maximum absolute atomic E-state index is 12.0. The molecule has 5 nitrogen and oxygen atoms in total. The summed E-state index contributed by atoms with van der Waals surface area (Å²) >= 11 is 0. The molecule has 1 aromatic rings. The average molecular weight is 238 g/mol. The largest absolute Gasteiger partial charge is 0.340 e. The molecule has 1 rings (SSSR count). The van der Waals surface area contributed by atoms with Crippen LogP contribution in [-0.4, -0.2) is 33.7 Å². The van der Waals surface area contributed by atoms with Crippen molar-refractivity contribution in [2.24, 2.45) is 18.7 Å². The highest BCUT2D eigenvalue weighted by atomic mass is 16.2. The van der Waals surface area contributed by atoms with Gasteiger partial charge in [-0.3, -0.25) is 9.48 Å². The van der Waals surface area contributed by atoms with E-state index >= 15 is 0 Å². The van der Waals surface area contributed by atoms with E-state index in [1.54, 1.807) is 22.8 Å². The summed E-state index contributed by atoms with van der Waals surface area (Å²) in [5.74, 6) is 0.420. The van der Waals surface area contributed by atoms with E-state index in [4.69, 9.17) is 5.73 Å². The standard InChI is InChI=1S/C12H22N4O/c1-9(2)5-11(13)12(17)15(3)7-10-6-14-16(4)8-10/h6,8-9,11H,5,7,13H2,1-4H3. The lowest BCUT2D eigenvalue weighted by Gasteiger charge is -2.21. The Morgan fingerprint density at radius 1 is 1.59 bits per heavy atom. The van der Waals surface area contributed by atoms with Gasteiger partial charge in [0.25, 0.3) is 0 Å². The van der Waals surface area contributed by atoms with Gasteiger partial charge in [-0.1, -0.05) is 13.8 Å². The summed E-state index contributed by atoms with van der Waals surface area (Å²) in [4.78, 5) is 13.6. The van der Waals surface area contributed by atoms with Gasteiger partial charge in [0, 0.05) is 32.4 Å². The second-order valence-corrected chi connectivity index (χ2v) is 4.95. The molecule has 0 aliphatic rings. The van der Waals surface area contributed by atoms with Gasteiger partial charge in [-0.2, -0.15) is 5.10 Å². The van der Waals surface area contributed by atoms with Crippen LogP contribution < -0.4 is 5.73 Å². The number of amides is 1. The third kappa shape index (κ3) is 4.19. The van der Waals surface area contributed by atoms with E-state index in [0.717, 1.165) is 12.0 Å². The van der Waals surface area contributed by atoms with Crippen molar-refractivity contribution in [1.29, 1.82) is 0 Å². The number of carbonyl (C=O) groups excluding carboxylic acids is 1. The van der Waals surface area contributed by atoms with Gasteiger partial charge in [0.15, 0.2) is 0 Å². The van der Waals surface area contributed by atoms with E-state index in [1.165, 1.54) is 0 Å². The Balaban J connectivity index is 2.52. The molecule has 1 heterocycles. The van der Waals surface area contributed by atoms with Crippen LogP contribution in [0.5, 0.6) is 0 Å². The summed E-state index contributed by atoms with van der Waals surface area (Å²) in [7, 11) is 3.63. The number of aryl methyl sites for hydroxylation is 1. The molecule has 17 heavy (non-hydrogen) atoms. The smallest absolute Gasteiger partial charge is 0.239 e. The van der Waals surface area contributed by atoms with Crippen LogP contribution in [0.1, 0.15) is 25.8 Å². The Bertz CT molecular complexity index is 372. The number of likely N-dealkylation sites (N-methyl/N-ethyl adjacent to an activating group) is 1. The summed E-state index contributed by atoms with van der Waals surface area (Å²) in [5.41, 5.74) is 6.88. The van der Waals surface area contributed by atoms with Crippen LogP contribution in [0.25, 0.3) is 0 Å². The lowest BCUT2D eigenvalue weighted by molar-refractivity contribution is -0.132. The van der Waals surface area contributed by atoms with Crippen molar-refractivity contribution >= 4 is 5.91 Å². The van der Waals surface area contributed by atoms with Crippen molar-refractivity contribution in [2.45, 2.75) is 32.9 Å². The molecule has 0 aliphatic heterocycles. The molecular formula is C12H22N4O. The second-order valence-electron chi connectivity index (χ2n) is 4.95. The molecule has 0 radical (unpaired) electrons. The first-order chi connectivity index (χ1) is 7.90. The molecule has 0 saturated heterocycles. The number of hydrogen-bond donors (Lipinski definition) is 1. The van der Waals surface area contributed by atoms with Crippen molar-refractivity contribution in [2.75, 3.05) is 7.05 Å². The summed E-state index contributed by atoms with van der Waals surface area (Å²) < 4.78 is 1.72. The van der Waals surface area contributed by atoms with E-state index in [0.29, 0.717) is 12.5 Å². The minimum absolute atomic E-state index is 0.0115. The molecular weight excluding hydrogens is 216 g/mol. The first-order valence-electron chi connectivity index (χ1n) is 5.88. The molecule has 0 bridgehead atoms. The molecule has 0 saturated carbocycles. The van der Waals surface area contributed by atoms with Crippen LogP contribution in [0.4, 0.5) is 0 Å². The highest BCUT2D eigenvalue weighted by molar-refractivity contribution is 5.81. The maximum Gasteiger partial charge on any atom is 0.239 e. The molecule has 0 spiro atoms. The topological polar surface area (TPSA) is 64.2 Å². The molecule has 0 aliphatic carbocycles. The van der Waals surface area contributed by atoms with E-state index in [1.807, 2.05) is 13.2 Å². The van der Waals surface area contributed by atoms with E-state index in [-0.39, 0.29) is 5.91 Å². The third-order valence-corrected chi connectivity index (χ3v) is 2.60. The Labute approximate surface area is 103 Å². The van der Waals surface area contributed by atoms with Crippen LogP contribution in [0.15, 0.2) is 12.4 Å². The zero-order chi connectivity index (χ0) is 13.0. The lowest BCUT2D eigenvalue weighted by Crippen LogP contribution is -2.42. The van der Waals surface area contributed by atoms with Crippen molar-refractivity contribution in [3.8, 4) is 0 Å². The Hall–Kier alpha value is -1.36. The van der Waals surface area contributed by atoms with Gasteiger partial charge < -0.3 is 10.6 Å². The molecule has 0 aromatic carbocycles. The van der Waals surface area contributed by atoms with E-state index in [2.05, 4.69) is 18.9 Å². The fourth-order valence-electron chi connectivity index (χ4n) is 1.80. The highest BCUT2D eigenvalue weighted by Crippen LogP contribution is 2.07. The Morgan fingerprint density at radius 2 is 2.24 bits per heavy atom. The molecule has 5 heteroatoms. The van der Waals surface area contributed by atoms with E-state index < -0.39 is 6.04 Å². The quantitative estimate of drug-likeness (QED) is 0.823. The third-order valence-electron chi connectivity index (χ3n) is 2.60. The van der Waals surface area contributed by atoms with Crippen LogP contribution >= 0.6 is 0 Å². The number of nitrogens with two attached hydrogens (primary N) is 1. The van der Waals surface area contributed by atoms with Gasteiger partial charge in [-0.25, -0.2) is 0 Å². The lowest BCUT2D eigenvalue weighted by atomic mass is 10.0. The minimum Gasteiger partial charge on any atom is -0.340 e. The summed E-state index contributed by atoms with van der Waals surface area (Å²) in [6, 6.07) is -0.406. The number of carbonyl (C=O) groups is 1. The van der Waals surface area contributed by atoms with E-state index in [9.17, 15) is 4.79 Å². The van der Waals surface area contributed by atoms with Gasteiger partial charge in [0.05, 0.1) is 12.2 Å². The number of rotatable bonds is 5. The van der Waals surface area contributed by atoms with Crippen molar-refractivity contribution in [1.82, 2.24) is 14.7 Å². The Kier molecular flexibility index (Phi) is 4.69. The summed E-state index contributed by atoms with van der Waals surface area (Å²) in [6.45, 7) is 4.68. The fraction of sp³-hybridized carbons (Fsp3) is 0.667. The average Bonchev–Trinajstić information content (AvgIpc) is 2.61. The van der Waals surface area contributed by atoms with Gasteiger partial charge in [-0.05, 0) is 12.3 Å². The zero-order valence-corrected chi connectivity index (χ0v) is 11.1. The maximum atomic E-state index is 12.0. The highest BCUT2D eigenvalue weighted by Gasteiger charge is 2.19. The predicted octanol–water partition coefficient (Wildman–Crippen LogP) is 0.752. The molecule has 1 amide bonds. The van der Waals surface area contributed by atoms with Crippen LogP contribution in [0.2, 0.25) is 0 Å². The fourth-order valence-corrected chi connectivity index (χ4v) is 1.80. The first-order valence-corrected chi connectivity index (χ1v) is 5.88. The number of hydrogen-bond acceptors (Lipinski definition) is 3. The van der Waals surface area contributed by atoms with Crippen molar-refractivity contribution < 1.29 is 4.79 Å². The molecule has 1 unspecified atom stereocenters. The SMILES string of the molecule is CC(C)CC(N)C(=O)N(C)Cc1cnn(C)c1. The van der Waals surface area contributed by atoms with Gasteiger partial charge in [0.2, 0.25) is 5.91 Å². The van der Waals surface area contributed by atoms with Crippen LogP contribution in [0.3, 0.4) is 0 Å². The monoisotopic (exact) mass is 238 g/mol. The summed E-state index contributed by atoms with van der Waals surface area (Å²) in [5, 5.41) is 4.07. The molecule has 2 N–H and O–H groups in total. The second kappa shape index (κ2) is 5.82. The van der Waals surface area contributed by atoms with Crippen LogP contribution in [-0.2, 0) is 18.4 Å². The zero-order valence-electron chi connectivity index (χ0n) is 11.1. The Morgan fingerprint density at radius 3 is 2.71 bits per heavy atom. The van der Waals surface area contributed by atoms with Crippen molar-refractivity contribution in [3.05, 3.63) is 18.0 Å². The van der Waals surface area contributed by atoms with Gasteiger partial charge >= 0.3 is 0 Å². The molecule has 96 valence electrons. The van der Waals surface area contributed by atoms with Gasteiger partial charge in [0.1, 0.15) is 0 Å². The van der Waals surface area contributed by atoms with Crippen molar-refractivity contribution in [3.63, 3.8) is 0 Å². The predicted molar refractivity (Wildman–Crippen MR) is 67.1 cm³/mol. The summed E-state index contributed by atoms with van der Waals surface area (Å²) in [6.07, 6.45) is 4.38.